The molecule has 2 heterocycles. The molecule has 1 saturated carbocycles. The number of hydrogen-bond acceptors (Lipinski definition) is 3. The topological polar surface area (TPSA) is 90.0 Å². The van der Waals surface area contributed by atoms with E-state index in [-0.39, 0.29) is 17.9 Å². The first-order chi connectivity index (χ1) is 13.5. The summed E-state index contributed by atoms with van der Waals surface area (Å²) in [6.07, 6.45) is 6.70. The molecule has 0 radical (unpaired) electrons. The van der Waals surface area contributed by atoms with E-state index < -0.39 is 12.1 Å². The van der Waals surface area contributed by atoms with E-state index in [2.05, 4.69) is 5.32 Å². The van der Waals surface area contributed by atoms with Crippen LogP contribution in [-0.4, -0.2) is 53.1 Å². The number of likely N-dealkylation sites (tertiary alicyclic amines) is 1. The Morgan fingerprint density at radius 1 is 1.18 bits per heavy atom. The highest BCUT2D eigenvalue weighted by Gasteiger charge is 2.38. The summed E-state index contributed by atoms with van der Waals surface area (Å²) < 4.78 is 0. The predicted octanol–water partition coefficient (Wildman–Crippen LogP) is 2.17. The van der Waals surface area contributed by atoms with Gasteiger partial charge < -0.3 is 15.3 Å². The maximum absolute atomic E-state index is 12.7. The van der Waals surface area contributed by atoms with Gasteiger partial charge in [0.25, 0.3) is 5.91 Å². The number of carbonyl (C=O) groups excluding carboxylic acids is 2. The van der Waals surface area contributed by atoms with Gasteiger partial charge >= 0.3 is 6.09 Å². The summed E-state index contributed by atoms with van der Waals surface area (Å²) in [5, 5.41) is 12.0. The Balaban J connectivity index is 1.40. The molecule has 3 amide bonds. The lowest BCUT2D eigenvalue weighted by Gasteiger charge is -2.37. The van der Waals surface area contributed by atoms with Gasteiger partial charge in [-0.2, -0.15) is 0 Å². The molecule has 2 atom stereocenters. The molecule has 1 aromatic carbocycles. The summed E-state index contributed by atoms with van der Waals surface area (Å²) in [4.78, 5) is 39.2. The van der Waals surface area contributed by atoms with Crippen molar-refractivity contribution in [2.24, 2.45) is 5.92 Å². The van der Waals surface area contributed by atoms with Crippen molar-refractivity contribution in [1.29, 1.82) is 0 Å². The van der Waals surface area contributed by atoms with Crippen LogP contribution < -0.4 is 10.2 Å². The van der Waals surface area contributed by atoms with Crippen molar-refractivity contribution < 1.29 is 19.5 Å². The van der Waals surface area contributed by atoms with E-state index in [0.717, 1.165) is 36.3 Å². The van der Waals surface area contributed by atoms with Gasteiger partial charge in [-0.1, -0.05) is 37.1 Å². The average molecular weight is 383 g/mol. The van der Waals surface area contributed by atoms with Crippen LogP contribution >= 0.6 is 0 Å². The van der Waals surface area contributed by atoms with Gasteiger partial charge in [0.05, 0.1) is 0 Å². The van der Waals surface area contributed by atoms with Crippen molar-refractivity contribution in [2.45, 2.75) is 44.2 Å². The van der Waals surface area contributed by atoms with E-state index in [1.165, 1.54) is 5.56 Å². The van der Waals surface area contributed by atoms with Crippen LogP contribution in [-0.2, 0) is 16.0 Å². The van der Waals surface area contributed by atoms with Crippen LogP contribution in [0.1, 0.15) is 31.2 Å². The zero-order valence-corrected chi connectivity index (χ0v) is 15.7. The molecule has 3 aliphatic rings. The van der Waals surface area contributed by atoms with Crippen LogP contribution in [0.4, 0.5) is 10.5 Å². The maximum atomic E-state index is 12.7. The summed E-state index contributed by atoms with van der Waals surface area (Å²) in [5.74, 6) is 0.202. The molecule has 28 heavy (non-hydrogen) atoms. The molecule has 0 unspecified atom stereocenters. The Kier molecular flexibility index (Phi) is 5.07. The Hall–Kier alpha value is -2.83. The molecular formula is C21H25N3O4. The minimum atomic E-state index is -1.07. The SMILES string of the molecule is O=C(N[C@H](/C=C/C(=O)N1CCc2ccccc21)CC1CC1)[C@@H]1CCN1C(=O)O. The molecule has 7 heteroatoms. The van der Waals surface area contributed by atoms with Crippen LogP contribution in [0.3, 0.4) is 0 Å². The van der Waals surface area contributed by atoms with Gasteiger partial charge in [-0.25, -0.2) is 4.79 Å². The molecule has 0 bridgehead atoms. The minimum Gasteiger partial charge on any atom is -0.465 e. The van der Waals surface area contributed by atoms with Crippen LogP contribution in [0.2, 0.25) is 0 Å². The number of para-hydroxylation sites is 1. The molecule has 2 fully saturated rings. The summed E-state index contributed by atoms with van der Waals surface area (Å²) in [6, 6.07) is 7.03. The van der Waals surface area contributed by atoms with Gasteiger partial charge in [0.2, 0.25) is 5.91 Å². The third kappa shape index (κ3) is 3.88. The highest BCUT2D eigenvalue weighted by molar-refractivity contribution is 6.03. The molecule has 2 aliphatic heterocycles. The van der Waals surface area contributed by atoms with E-state index in [1.807, 2.05) is 24.3 Å². The number of carbonyl (C=O) groups is 3. The van der Waals surface area contributed by atoms with Gasteiger partial charge in [0, 0.05) is 30.9 Å². The first-order valence-corrected chi connectivity index (χ1v) is 9.90. The fraction of sp³-hybridized carbons (Fsp3) is 0.476. The van der Waals surface area contributed by atoms with Crippen LogP contribution in [0.5, 0.6) is 0 Å². The first-order valence-electron chi connectivity index (χ1n) is 9.90. The summed E-state index contributed by atoms with van der Waals surface area (Å²) in [5.41, 5.74) is 2.12. The van der Waals surface area contributed by atoms with E-state index >= 15 is 0 Å². The highest BCUT2D eigenvalue weighted by atomic mass is 16.4. The van der Waals surface area contributed by atoms with E-state index in [9.17, 15) is 14.4 Å². The molecule has 4 rings (SSSR count). The molecule has 0 aromatic heterocycles. The van der Waals surface area contributed by atoms with Crippen molar-refractivity contribution in [3.63, 3.8) is 0 Å². The highest BCUT2D eigenvalue weighted by Crippen LogP contribution is 2.34. The Bertz CT molecular complexity index is 818. The van der Waals surface area contributed by atoms with Gasteiger partial charge in [0.1, 0.15) is 6.04 Å². The van der Waals surface area contributed by atoms with Crippen molar-refractivity contribution >= 4 is 23.6 Å². The van der Waals surface area contributed by atoms with E-state index in [1.54, 1.807) is 17.1 Å². The molecule has 7 nitrogen and oxygen atoms in total. The number of fused-ring (bicyclic) bond motifs is 1. The largest absolute Gasteiger partial charge is 0.465 e. The van der Waals surface area contributed by atoms with Crippen molar-refractivity contribution in [2.75, 3.05) is 18.0 Å². The smallest absolute Gasteiger partial charge is 0.407 e. The lowest BCUT2D eigenvalue weighted by atomic mass is 10.0. The normalized spacial score (nSPS) is 21.9. The summed E-state index contributed by atoms with van der Waals surface area (Å²) in [6.45, 7) is 1.06. The standard InChI is InChI=1S/C21H25N3O4/c25-19(23-11-9-15-3-1-2-4-17(15)23)8-7-16(13-14-5-6-14)22-20(26)18-10-12-24(18)21(27)28/h1-4,7-8,14,16,18H,5-6,9-13H2,(H,22,26)(H,27,28)/b8-7+/t16-,18+/m1/s1. The number of nitrogens with zero attached hydrogens (tertiary/aromatic N) is 2. The van der Waals surface area contributed by atoms with Gasteiger partial charge in [0.15, 0.2) is 0 Å². The fourth-order valence-corrected chi connectivity index (χ4v) is 3.92. The Morgan fingerprint density at radius 3 is 2.64 bits per heavy atom. The van der Waals surface area contributed by atoms with Crippen molar-refractivity contribution in [1.82, 2.24) is 10.2 Å². The van der Waals surface area contributed by atoms with Crippen molar-refractivity contribution in [3.05, 3.63) is 42.0 Å². The van der Waals surface area contributed by atoms with Gasteiger partial charge in [-0.15, -0.1) is 0 Å². The predicted molar refractivity (Wildman–Crippen MR) is 104 cm³/mol. The van der Waals surface area contributed by atoms with E-state index in [4.69, 9.17) is 5.11 Å². The monoisotopic (exact) mass is 383 g/mol. The number of benzene rings is 1. The van der Waals surface area contributed by atoms with Crippen LogP contribution in [0.25, 0.3) is 0 Å². The molecule has 2 N–H and O–H groups in total. The second-order valence-corrected chi connectivity index (χ2v) is 7.80. The molecule has 148 valence electrons. The Labute approximate surface area is 164 Å². The fourth-order valence-electron chi connectivity index (χ4n) is 3.92. The second kappa shape index (κ2) is 7.66. The van der Waals surface area contributed by atoms with Crippen molar-refractivity contribution in [3.8, 4) is 0 Å². The number of hydrogen-bond donors (Lipinski definition) is 2. The second-order valence-electron chi connectivity index (χ2n) is 7.80. The summed E-state index contributed by atoms with van der Waals surface area (Å²) in [7, 11) is 0. The minimum absolute atomic E-state index is 0.0872. The van der Waals surface area contributed by atoms with Crippen LogP contribution in [0.15, 0.2) is 36.4 Å². The number of carboxylic acid groups (broad SMARTS) is 1. The number of nitrogens with one attached hydrogen (secondary N) is 1. The third-order valence-electron chi connectivity index (χ3n) is 5.80. The van der Waals surface area contributed by atoms with E-state index in [0.29, 0.717) is 25.4 Å². The summed E-state index contributed by atoms with van der Waals surface area (Å²) >= 11 is 0. The van der Waals surface area contributed by atoms with Gasteiger partial charge in [-0.05, 0) is 36.8 Å². The third-order valence-corrected chi connectivity index (χ3v) is 5.80. The first kappa shape index (κ1) is 18.5. The Morgan fingerprint density at radius 2 is 1.96 bits per heavy atom. The molecule has 0 spiro atoms. The molecule has 1 aromatic rings. The zero-order valence-electron chi connectivity index (χ0n) is 15.7. The lowest BCUT2D eigenvalue weighted by Crippen LogP contribution is -2.59. The molecule has 1 saturated heterocycles. The molecular weight excluding hydrogens is 358 g/mol. The molecule has 1 aliphatic carbocycles. The number of amides is 3. The number of anilines is 1. The quantitative estimate of drug-likeness (QED) is 0.737. The van der Waals surface area contributed by atoms with Gasteiger partial charge in [-0.3, -0.25) is 14.5 Å². The maximum Gasteiger partial charge on any atom is 0.407 e. The lowest BCUT2D eigenvalue weighted by molar-refractivity contribution is -0.130. The average Bonchev–Trinajstić information content (AvgIpc) is 3.33. The van der Waals surface area contributed by atoms with Crippen LogP contribution in [0, 0.1) is 5.92 Å². The number of rotatable bonds is 6. The zero-order chi connectivity index (χ0) is 19.7.